The molecule has 1 aliphatic rings. The lowest BCUT2D eigenvalue weighted by molar-refractivity contribution is 0.0622. The maximum absolute atomic E-state index is 14.2. The van der Waals surface area contributed by atoms with Crippen LogP contribution in [0.4, 0.5) is 10.2 Å². The Morgan fingerprint density at radius 3 is 2.61 bits per heavy atom. The standard InChI is InChI=1S/C24H32ClFN4O/c1-4-7-17(5-2)18-14-19(28-22(15-18)27-3)16-29-10-12-30(13-11-29)24(31)20-8-6-9-21(25)23(20)26/h6,8-9,14-15,17H,4-5,7,10-13,16H2,1-3H3,(H,27,28). The van der Waals surface area contributed by atoms with Crippen LogP contribution in [0.15, 0.2) is 30.3 Å². The lowest BCUT2D eigenvalue weighted by Gasteiger charge is -2.34. The van der Waals surface area contributed by atoms with Crippen LogP contribution in [0.3, 0.4) is 0 Å². The van der Waals surface area contributed by atoms with Crippen molar-refractivity contribution in [2.45, 2.75) is 45.6 Å². The van der Waals surface area contributed by atoms with Crippen molar-refractivity contribution in [2.75, 3.05) is 38.5 Å². The van der Waals surface area contributed by atoms with Crippen molar-refractivity contribution in [1.29, 1.82) is 0 Å². The summed E-state index contributed by atoms with van der Waals surface area (Å²) in [5, 5.41) is 3.16. The summed E-state index contributed by atoms with van der Waals surface area (Å²) >= 11 is 5.83. The Morgan fingerprint density at radius 2 is 1.97 bits per heavy atom. The first-order valence-electron chi connectivity index (χ1n) is 11.1. The van der Waals surface area contributed by atoms with Crippen molar-refractivity contribution >= 4 is 23.3 Å². The van der Waals surface area contributed by atoms with Crippen molar-refractivity contribution < 1.29 is 9.18 Å². The fourth-order valence-electron chi connectivity index (χ4n) is 4.19. The van der Waals surface area contributed by atoms with Gasteiger partial charge in [0.25, 0.3) is 5.91 Å². The maximum atomic E-state index is 14.2. The first-order chi connectivity index (χ1) is 15.0. The van der Waals surface area contributed by atoms with Gasteiger partial charge < -0.3 is 10.2 Å². The molecular formula is C24H32ClFN4O. The zero-order chi connectivity index (χ0) is 22.4. The Labute approximate surface area is 189 Å². The minimum Gasteiger partial charge on any atom is -0.373 e. The van der Waals surface area contributed by atoms with E-state index in [-0.39, 0.29) is 16.5 Å². The number of nitrogens with one attached hydrogen (secondary N) is 1. The van der Waals surface area contributed by atoms with E-state index in [2.05, 4.69) is 36.2 Å². The summed E-state index contributed by atoms with van der Waals surface area (Å²) in [6.45, 7) is 7.74. The molecule has 1 aromatic carbocycles. The van der Waals surface area contributed by atoms with Crippen molar-refractivity contribution in [3.8, 4) is 0 Å². The maximum Gasteiger partial charge on any atom is 0.256 e. The molecule has 1 fully saturated rings. The number of halogens is 2. The molecule has 0 bridgehead atoms. The van der Waals surface area contributed by atoms with Gasteiger partial charge >= 0.3 is 0 Å². The van der Waals surface area contributed by atoms with Gasteiger partial charge in [-0.15, -0.1) is 0 Å². The van der Waals surface area contributed by atoms with Crippen molar-refractivity contribution in [3.63, 3.8) is 0 Å². The molecule has 1 aromatic heterocycles. The minimum absolute atomic E-state index is 0.0239. The Balaban J connectivity index is 1.65. The van der Waals surface area contributed by atoms with Crippen LogP contribution in [-0.2, 0) is 6.54 Å². The highest BCUT2D eigenvalue weighted by atomic mass is 35.5. The monoisotopic (exact) mass is 446 g/mol. The molecule has 1 aliphatic heterocycles. The third-order valence-corrected chi connectivity index (χ3v) is 6.28. The Bertz CT molecular complexity index is 899. The van der Waals surface area contributed by atoms with E-state index in [0.29, 0.717) is 19.0 Å². The number of anilines is 1. The summed E-state index contributed by atoms with van der Waals surface area (Å²) in [5.41, 5.74) is 2.41. The molecule has 168 valence electrons. The molecule has 0 radical (unpaired) electrons. The Kier molecular flexibility index (Phi) is 8.27. The average Bonchev–Trinajstić information content (AvgIpc) is 2.79. The third kappa shape index (κ3) is 5.74. The van der Waals surface area contributed by atoms with E-state index in [1.54, 1.807) is 11.0 Å². The van der Waals surface area contributed by atoms with Gasteiger partial charge in [-0.05, 0) is 48.6 Å². The smallest absolute Gasteiger partial charge is 0.256 e. The highest BCUT2D eigenvalue weighted by Crippen LogP contribution is 2.27. The molecule has 31 heavy (non-hydrogen) atoms. The van der Waals surface area contributed by atoms with Crippen molar-refractivity contribution in [3.05, 3.63) is 58.0 Å². The highest BCUT2D eigenvalue weighted by Gasteiger charge is 2.25. The Morgan fingerprint density at radius 1 is 1.23 bits per heavy atom. The van der Waals surface area contributed by atoms with E-state index in [0.717, 1.165) is 44.0 Å². The molecule has 0 aliphatic carbocycles. The fraction of sp³-hybridized carbons (Fsp3) is 0.500. The molecule has 1 N–H and O–H groups in total. The third-order valence-electron chi connectivity index (χ3n) is 5.99. The van der Waals surface area contributed by atoms with Crippen LogP contribution in [0.2, 0.25) is 5.02 Å². The quantitative estimate of drug-likeness (QED) is 0.607. The number of hydrogen-bond donors (Lipinski definition) is 1. The van der Waals surface area contributed by atoms with Crippen molar-refractivity contribution in [1.82, 2.24) is 14.8 Å². The Hall–Kier alpha value is -2.18. The first kappa shape index (κ1) is 23.5. The van der Waals surface area contributed by atoms with Crippen LogP contribution in [0.1, 0.15) is 60.6 Å². The lowest BCUT2D eigenvalue weighted by Crippen LogP contribution is -2.48. The molecule has 2 aromatic rings. The zero-order valence-corrected chi connectivity index (χ0v) is 19.4. The van der Waals surface area contributed by atoms with E-state index in [1.165, 1.54) is 24.1 Å². The van der Waals surface area contributed by atoms with Gasteiger partial charge in [-0.2, -0.15) is 0 Å². The second-order valence-corrected chi connectivity index (χ2v) is 8.50. The van der Waals surface area contributed by atoms with E-state index < -0.39 is 5.82 Å². The van der Waals surface area contributed by atoms with Gasteiger partial charge in [-0.1, -0.05) is 37.9 Å². The lowest BCUT2D eigenvalue weighted by atomic mass is 9.92. The van der Waals surface area contributed by atoms with Gasteiger partial charge in [0.2, 0.25) is 0 Å². The minimum atomic E-state index is -0.644. The zero-order valence-electron chi connectivity index (χ0n) is 18.6. The molecule has 1 saturated heterocycles. The van der Waals surface area contributed by atoms with Crippen LogP contribution in [0.25, 0.3) is 0 Å². The summed E-state index contributed by atoms with van der Waals surface area (Å²) < 4.78 is 14.2. The second kappa shape index (κ2) is 10.9. The molecule has 7 heteroatoms. The number of pyridine rings is 1. The normalized spacial score (nSPS) is 15.7. The SMILES string of the molecule is CCCC(CC)c1cc(CN2CCN(C(=O)c3cccc(Cl)c3F)CC2)nc(NC)c1. The predicted octanol–water partition coefficient (Wildman–Crippen LogP) is 5.17. The average molecular weight is 447 g/mol. The second-order valence-electron chi connectivity index (χ2n) is 8.09. The summed E-state index contributed by atoms with van der Waals surface area (Å²) in [6, 6.07) is 8.93. The van der Waals surface area contributed by atoms with Gasteiger partial charge in [0, 0.05) is 39.8 Å². The predicted molar refractivity (Wildman–Crippen MR) is 124 cm³/mol. The van der Waals surface area contributed by atoms with Gasteiger partial charge in [-0.3, -0.25) is 9.69 Å². The van der Waals surface area contributed by atoms with E-state index in [9.17, 15) is 9.18 Å². The molecular weight excluding hydrogens is 415 g/mol. The molecule has 3 rings (SSSR count). The molecule has 0 saturated carbocycles. The number of hydrogen-bond acceptors (Lipinski definition) is 4. The van der Waals surface area contributed by atoms with Gasteiger partial charge in [0.1, 0.15) is 5.82 Å². The summed E-state index contributed by atoms with van der Waals surface area (Å²) in [6.07, 6.45) is 3.44. The summed E-state index contributed by atoms with van der Waals surface area (Å²) in [7, 11) is 1.90. The van der Waals surface area contributed by atoms with E-state index >= 15 is 0 Å². The number of benzene rings is 1. The van der Waals surface area contributed by atoms with E-state index in [1.807, 2.05) is 7.05 Å². The molecule has 0 spiro atoms. The van der Waals surface area contributed by atoms with Crippen LogP contribution < -0.4 is 5.32 Å². The van der Waals surface area contributed by atoms with Crippen molar-refractivity contribution in [2.24, 2.45) is 0 Å². The van der Waals surface area contributed by atoms with Crippen LogP contribution in [-0.4, -0.2) is 53.9 Å². The topological polar surface area (TPSA) is 48.5 Å². The molecule has 1 amide bonds. The number of nitrogens with zero attached hydrogens (tertiary/aromatic N) is 3. The highest BCUT2D eigenvalue weighted by molar-refractivity contribution is 6.31. The van der Waals surface area contributed by atoms with Gasteiger partial charge in [0.15, 0.2) is 5.82 Å². The largest absolute Gasteiger partial charge is 0.373 e. The van der Waals surface area contributed by atoms with Crippen LogP contribution in [0.5, 0.6) is 0 Å². The van der Waals surface area contributed by atoms with Crippen LogP contribution in [0, 0.1) is 5.82 Å². The molecule has 5 nitrogen and oxygen atoms in total. The fourth-order valence-corrected chi connectivity index (χ4v) is 4.36. The number of carbonyl (C=O) groups is 1. The summed E-state index contributed by atoms with van der Waals surface area (Å²) in [4.78, 5) is 21.5. The van der Waals surface area contributed by atoms with Gasteiger partial charge in [0.05, 0.1) is 16.3 Å². The first-order valence-corrected chi connectivity index (χ1v) is 11.5. The summed E-state index contributed by atoms with van der Waals surface area (Å²) in [5.74, 6) is 0.491. The number of amides is 1. The molecule has 1 unspecified atom stereocenters. The van der Waals surface area contributed by atoms with Gasteiger partial charge in [-0.25, -0.2) is 9.37 Å². The van der Waals surface area contributed by atoms with E-state index in [4.69, 9.17) is 16.6 Å². The molecule has 2 heterocycles. The number of carbonyl (C=O) groups excluding carboxylic acids is 1. The number of piperazine rings is 1. The molecule has 1 atom stereocenters. The number of rotatable bonds is 8. The van der Waals surface area contributed by atoms with Crippen LogP contribution >= 0.6 is 11.6 Å². The number of aromatic nitrogens is 1.